The summed E-state index contributed by atoms with van der Waals surface area (Å²) < 4.78 is 5.61. The van der Waals surface area contributed by atoms with E-state index in [9.17, 15) is 9.90 Å². The number of benzene rings is 2. The number of rotatable bonds is 4. The summed E-state index contributed by atoms with van der Waals surface area (Å²) in [4.78, 5) is 14.2. The van der Waals surface area contributed by atoms with Crippen LogP contribution >= 0.6 is 0 Å². The zero-order valence-electron chi connectivity index (χ0n) is 13.9. The number of ether oxygens (including phenoxy) is 1. The first-order chi connectivity index (χ1) is 11.6. The van der Waals surface area contributed by atoms with Crippen molar-refractivity contribution >= 4 is 5.91 Å². The molecule has 4 heteroatoms. The highest BCUT2D eigenvalue weighted by molar-refractivity contribution is 5.77. The molecule has 4 nitrogen and oxygen atoms in total. The molecule has 1 heterocycles. The predicted octanol–water partition coefficient (Wildman–Crippen LogP) is 3.49. The van der Waals surface area contributed by atoms with Crippen LogP contribution in [0.1, 0.15) is 29.9 Å². The number of phenols is 1. The van der Waals surface area contributed by atoms with Crippen LogP contribution in [0.4, 0.5) is 0 Å². The Morgan fingerprint density at radius 3 is 2.54 bits per heavy atom. The Balaban J connectivity index is 1.49. The summed E-state index contributed by atoms with van der Waals surface area (Å²) >= 11 is 0. The monoisotopic (exact) mass is 325 g/mol. The van der Waals surface area contributed by atoms with Gasteiger partial charge in [0.2, 0.25) is 0 Å². The van der Waals surface area contributed by atoms with Crippen molar-refractivity contribution in [3.05, 3.63) is 59.7 Å². The maximum absolute atomic E-state index is 12.3. The molecule has 0 aliphatic carbocycles. The minimum absolute atomic E-state index is 0.0423. The minimum Gasteiger partial charge on any atom is -0.508 e. The maximum Gasteiger partial charge on any atom is 0.260 e. The van der Waals surface area contributed by atoms with Crippen molar-refractivity contribution in [3.8, 4) is 11.5 Å². The quantitative estimate of drug-likeness (QED) is 0.936. The van der Waals surface area contributed by atoms with Crippen molar-refractivity contribution < 1.29 is 14.6 Å². The molecule has 0 radical (unpaired) electrons. The van der Waals surface area contributed by atoms with E-state index in [0.717, 1.165) is 37.2 Å². The van der Waals surface area contributed by atoms with E-state index < -0.39 is 0 Å². The Kier molecular flexibility index (Phi) is 5.04. The van der Waals surface area contributed by atoms with Gasteiger partial charge in [-0.2, -0.15) is 0 Å². The highest BCUT2D eigenvalue weighted by Gasteiger charge is 2.24. The molecule has 0 saturated carbocycles. The predicted molar refractivity (Wildman–Crippen MR) is 93.3 cm³/mol. The lowest BCUT2D eigenvalue weighted by atomic mass is 9.89. The zero-order chi connectivity index (χ0) is 16.9. The lowest BCUT2D eigenvalue weighted by Gasteiger charge is -2.32. The van der Waals surface area contributed by atoms with Gasteiger partial charge in [-0.25, -0.2) is 0 Å². The number of amides is 1. The zero-order valence-corrected chi connectivity index (χ0v) is 13.9. The summed E-state index contributed by atoms with van der Waals surface area (Å²) in [7, 11) is 0. The maximum atomic E-state index is 12.3. The van der Waals surface area contributed by atoms with Crippen molar-refractivity contribution in [2.24, 2.45) is 0 Å². The summed E-state index contributed by atoms with van der Waals surface area (Å²) in [6.07, 6.45) is 1.89. The molecular weight excluding hydrogens is 302 g/mol. The van der Waals surface area contributed by atoms with Crippen molar-refractivity contribution in [2.75, 3.05) is 19.7 Å². The minimum atomic E-state index is 0.0423. The Labute approximate surface area is 142 Å². The van der Waals surface area contributed by atoms with Gasteiger partial charge in [0.25, 0.3) is 5.91 Å². The summed E-state index contributed by atoms with van der Waals surface area (Å²) in [5.41, 5.74) is 2.35. The fraction of sp³-hybridized carbons (Fsp3) is 0.350. The molecule has 24 heavy (non-hydrogen) atoms. The first kappa shape index (κ1) is 16.4. The topological polar surface area (TPSA) is 49.8 Å². The molecule has 126 valence electrons. The molecule has 1 saturated heterocycles. The summed E-state index contributed by atoms with van der Waals surface area (Å²) in [5, 5.41) is 9.37. The summed E-state index contributed by atoms with van der Waals surface area (Å²) in [5.74, 6) is 1.52. The van der Waals surface area contributed by atoms with Gasteiger partial charge >= 0.3 is 0 Å². The van der Waals surface area contributed by atoms with Crippen LogP contribution < -0.4 is 4.74 Å². The molecule has 2 aromatic rings. The average molecular weight is 325 g/mol. The SMILES string of the molecule is Cc1cccc(OCC(=O)N2CCC(c3ccc(O)cc3)CC2)c1. The van der Waals surface area contributed by atoms with E-state index in [2.05, 4.69) is 0 Å². The Bertz CT molecular complexity index is 688. The number of phenolic OH excluding ortho intramolecular Hbond substituents is 1. The molecule has 1 N–H and O–H groups in total. The number of likely N-dealkylation sites (tertiary alicyclic amines) is 1. The first-order valence-corrected chi connectivity index (χ1v) is 8.38. The van der Waals surface area contributed by atoms with Crippen molar-refractivity contribution in [3.63, 3.8) is 0 Å². The smallest absolute Gasteiger partial charge is 0.260 e. The second-order valence-corrected chi connectivity index (χ2v) is 6.35. The molecule has 0 unspecified atom stereocenters. The Hall–Kier alpha value is -2.49. The van der Waals surface area contributed by atoms with Crippen LogP contribution in [0.25, 0.3) is 0 Å². The van der Waals surface area contributed by atoms with E-state index in [4.69, 9.17) is 4.74 Å². The molecule has 0 atom stereocenters. The molecule has 2 aromatic carbocycles. The van der Waals surface area contributed by atoms with E-state index in [1.807, 2.05) is 48.2 Å². The Morgan fingerprint density at radius 2 is 1.88 bits per heavy atom. The number of aromatic hydroxyl groups is 1. The van der Waals surface area contributed by atoms with E-state index in [1.165, 1.54) is 5.56 Å². The second-order valence-electron chi connectivity index (χ2n) is 6.35. The Morgan fingerprint density at radius 1 is 1.17 bits per heavy atom. The lowest BCUT2D eigenvalue weighted by Crippen LogP contribution is -2.40. The summed E-state index contributed by atoms with van der Waals surface area (Å²) in [6, 6.07) is 15.1. The van der Waals surface area contributed by atoms with Crippen LogP contribution in [-0.2, 0) is 4.79 Å². The number of nitrogens with zero attached hydrogens (tertiary/aromatic N) is 1. The number of piperidine rings is 1. The van der Waals surface area contributed by atoms with Gasteiger partial charge in [-0.15, -0.1) is 0 Å². The fourth-order valence-electron chi connectivity index (χ4n) is 3.15. The third-order valence-corrected chi connectivity index (χ3v) is 4.56. The van der Waals surface area contributed by atoms with Crippen LogP contribution in [-0.4, -0.2) is 35.6 Å². The van der Waals surface area contributed by atoms with Gasteiger partial charge in [-0.3, -0.25) is 4.79 Å². The van der Waals surface area contributed by atoms with Crippen LogP contribution in [0.3, 0.4) is 0 Å². The molecule has 0 bridgehead atoms. The highest BCUT2D eigenvalue weighted by atomic mass is 16.5. The van der Waals surface area contributed by atoms with Crippen LogP contribution in [0.5, 0.6) is 11.5 Å². The number of hydrogen-bond donors (Lipinski definition) is 1. The van der Waals surface area contributed by atoms with Gasteiger partial charge in [-0.1, -0.05) is 24.3 Å². The normalized spacial score (nSPS) is 15.3. The lowest BCUT2D eigenvalue weighted by molar-refractivity contribution is -0.134. The molecule has 1 fully saturated rings. The number of carbonyl (C=O) groups is 1. The molecular formula is C20H23NO3. The van der Waals surface area contributed by atoms with Crippen LogP contribution in [0, 0.1) is 6.92 Å². The van der Waals surface area contributed by atoms with E-state index in [1.54, 1.807) is 12.1 Å². The van der Waals surface area contributed by atoms with Crippen LogP contribution in [0.15, 0.2) is 48.5 Å². The highest BCUT2D eigenvalue weighted by Crippen LogP contribution is 2.29. The largest absolute Gasteiger partial charge is 0.508 e. The summed E-state index contributed by atoms with van der Waals surface area (Å²) in [6.45, 7) is 3.60. The number of carbonyl (C=O) groups excluding carboxylic acids is 1. The fourth-order valence-corrected chi connectivity index (χ4v) is 3.15. The van der Waals surface area contributed by atoms with Gasteiger partial charge in [0, 0.05) is 13.1 Å². The van der Waals surface area contributed by atoms with Gasteiger partial charge in [0.05, 0.1) is 0 Å². The first-order valence-electron chi connectivity index (χ1n) is 8.38. The second kappa shape index (κ2) is 7.39. The number of hydrogen-bond acceptors (Lipinski definition) is 3. The third-order valence-electron chi connectivity index (χ3n) is 4.56. The van der Waals surface area contributed by atoms with Gasteiger partial charge < -0.3 is 14.7 Å². The van der Waals surface area contributed by atoms with E-state index in [0.29, 0.717) is 11.7 Å². The van der Waals surface area contributed by atoms with Gasteiger partial charge in [0.1, 0.15) is 11.5 Å². The third kappa shape index (κ3) is 4.07. The average Bonchev–Trinajstić information content (AvgIpc) is 2.61. The van der Waals surface area contributed by atoms with Crippen molar-refractivity contribution in [1.29, 1.82) is 0 Å². The van der Waals surface area contributed by atoms with Crippen LogP contribution in [0.2, 0.25) is 0 Å². The molecule has 1 amide bonds. The van der Waals surface area contributed by atoms with Crippen molar-refractivity contribution in [1.82, 2.24) is 4.90 Å². The molecule has 0 spiro atoms. The molecule has 3 rings (SSSR count). The molecule has 0 aromatic heterocycles. The molecule has 1 aliphatic rings. The van der Waals surface area contributed by atoms with Crippen molar-refractivity contribution in [2.45, 2.75) is 25.7 Å². The van der Waals surface area contributed by atoms with Gasteiger partial charge in [0.15, 0.2) is 6.61 Å². The standard InChI is InChI=1S/C20H23NO3/c1-15-3-2-4-19(13-15)24-14-20(23)21-11-9-17(10-12-21)16-5-7-18(22)8-6-16/h2-8,13,17,22H,9-12,14H2,1H3. The molecule has 1 aliphatic heterocycles. The van der Waals surface area contributed by atoms with E-state index >= 15 is 0 Å². The van der Waals surface area contributed by atoms with Gasteiger partial charge in [-0.05, 0) is 61.1 Å². The van der Waals surface area contributed by atoms with E-state index in [-0.39, 0.29) is 12.5 Å². The number of aryl methyl sites for hydroxylation is 1.